The Kier molecular flexibility index (Phi) is 6.47. The maximum Gasteiger partial charge on any atom is 0.191 e. The zero-order valence-electron chi connectivity index (χ0n) is 15.1. The van der Waals surface area contributed by atoms with Crippen LogP contribution in [0.15, 0.2) is 70.5 Å². The molecule has 0 saturated heterocycles. The molecule has 0 amide bonds. The SMILES string of the molecule is CCNC(=NCc1ccccc1Cn1cccn1)NCCc1ccco1. The minimum absolute atomic E-state index is 0.619. The zero-order valence-corrected chi connectivity index (χ0v) is 15.1. The normalized spacial score (nSPS) is 11.5. The average molecular weight is 351 g/mol. The molecule has 3 rings (SSSR count). The monoisotopic (exact) mass is 351 g/mol. The third-order valence-electron chi connectivity index (χ3n) is 4.01. The zero-order chi connectivity index (χ0) is 18.0. The van der Waals surface area contributed by atoms with Crippen LogP contribution in [0, 0.1) is 0 Å². The molecule has 0 aliphatic heterocycles. The fraction of sp³-hybridized carbons (Fsp3) is 0.300. The van der Waals surface area contributed by atoms with Gasteiger partial charge in [0.1, 0.15) is 5.76 Å². The second-order valence-electron chi connectivity index (χ2n) is 5.92. The molecule has 136 valence electrons. The number of rotatable bonds is 8. The van der Waals surface area contributed by atoms with Crippen molar-refractivity contribution in [1.29, 1.82) is 0 Å². The third kappa shape index (κ3) is 5.24. The molecular weight excluding hydrogens is 326 g/mol. The number of nitrogens with zero attached hydrogens (tertiary/aromatic N) is 3. The van der Waals surface area contributed by atoms with E-state index in [0.717, 1.165) is 37.8 Å². The lowest BCUT2D eigenvalue weighted by atomic mass is 10.1. The van der Waals surface area contributed by atoms with E-state index in [1.807, 2.05) is 29.1 Å². The van der Waals surface area contributed by atoms with E-state index >= 15 is 0 Å². The predicted molar refractivity (Wildman–Crippen MR) is 103 cm³/mol. The van der Waals surface area contributed by atoms with Crippen molar-refractivity contribution in [2.24, 2.45) is 4.99 Å². The van der Waals surface area contributed by atoms with E-state index in [4.69, 9.17) is 9.41 Å². The van der Waals surface area contributed by atoms with E-state index in [1.54, 1.807) is 12.5 Å². The van der Waals surface area contributed by atoms with Gasteiger partial charge in [-0.3, -0.25) is 4.68 Å². The second kappa shape index (κ2) is 9.46. The Morgan fingerprint density at radius 3 is 2.73 bits per heavy atom. The van der Waals surface area contributed by atoms with Crippen LogP contribution in [0.5, 0.6) is 0 Å². The maximum absolute atomic E-state index is 5.36. The van der Waals surface area contributed by atoms with Crippen molar-refractivity contribution in [3.63, 3.8) is 0 Å². The van der Waals surface area contributed by atoms with Crippen molar-refractivity contribution in [3.8, 4) is 0 Å². The van der Waals surface area contributed by atoms with Crippen LogP contribution in [0.3, 0.4) is 0 Å². The summed E-state index contributed by atoms with van der Waals surface area (Å²) in [6.45, 7) is 5.03. The Balaban J connectivity index is 1.61. The molecule has 2 heterocycles. The largest absolute Gasteiger partial charge is 0.469 e. The molecule has 0 radical (unpaired) electrons. The molecule has 0 fully saturated rings. The van der Waals surface area contributed by atoms with Crippen LogP contribution in [0.1, 0.15) is 23.8 Å². The number of aromatic nitrogens is 2. The van der Waals surface area contributed by atoms with Crippen LogP contribution >= 0.6 is 0 Å². The standard InChI is InChI=1S/C20H25N5O/c1-2-21-20(22-12-10-19-9-5-14-26-19)23-15-17-7-3-4-8-18(17)16-25-13-6-11-24-25/h3-9,11,13-14H,2,10,12,15-16H2,1H3,(H2,21,22,23). The quantitative estimate of drug-likeness (QED) is 0.484. The van der Waals surface area contributed by atoms with Crippen molar-refractivity contribution < 1.29 is 4.42 Å². The molecule has 2 N–H and O–H groups in total. The Morgan fingerprint density at radius 1 is 1.12 bits per heavy atom. The second-order valence-corrected chi connectivity index (χ2v) is 5.92. The van der Waals surface area contributed by atoms with Crippen molar-refractivity contribution in [2.75, 3.05) is 13.1 Å². The van der Waals surface area contributed by atoms with Gasteiger partial charge in [0.2, 0.25) is 0 Å². The first kappa shape index (κ1) is 17.8. The van der Waals surface area contributed by atoms with Gasteiger partial charge in [-0.05, 0) is 36.2 Å². The maximum atomic E-state index is 5.36. The summed E-state index contributed by atoms with van der Waals surface area (Å²) < 4.78 is 7.29. The summed E-state index contributed by atoms with van der Waals surface area (Å²) in [5.74, 6) is 1.78. The summed E-state index contributed by atoms with van der Waals surface area (Å²) in [7, 11) is 0. The summed E-state index contributed by atoms with van der Waals surface area (Å²) in [4.78, 5) is 4.73. The van der Waals surface area contributed by atoms with Crippen molar-refractivity contribution in [1.82, 2.24) is 20.4 Å². The summed E-state index contributed by atoms with van der Waals surface area (Å²) in [5.41, 5.74) is 2.43. The molecule has 0 aliphatic rings. The number of hydrogen-bond donors (Lipinski definition) is 2. The lowest BCUT2D eigenvalue weighted by Gasteiger charge is -2.12. The minimum atomic E-state index is 0.619. The fourth-order valence-corrected chi connectivity index (χ4v) is 2.70. The lowest BCUT2D eigenvalue weighted by molar-refractivity contribution is 0.507. The van der Waals surface area contributed by atoms with Crippen LogP contribution in [0.2, 0.25) is 0 Å². The molecule has 0 saturated carbocycles. The van der Waals surface area contributed by atoms with Crippen LogP contribution in [0.25, 0.3) is 0 Å². The third-order valence-corrected chi connectivity index (χ3v) is 4.01. The first-order chi connectivity index (χ1) is 12.8. The van der Waals surface area contributed by atoms with Crippen LogP contribution in [-0.2, 0) is 19.5 Å². The highest BCUT2D eigenvalue weighted by Gasteiger charge is 2.04. The van der Waals surface area contributed by atoms with Crippen LogP contribution < -0.4 is 10.6 Å². The van der Waals surface area contributed by atoms with Crippen molar-refractivity contribution in [3.05, 3.63) is 78.0 Å². The molecule has 0 spiro atoms. The molecule has 2 aromatic heterocycles. The predicted octanol–water partition coefficient (Wildman–Crippen LogP) is 2.82. The minimum Gasteiger partial charge on any atom is -0.469 e. The highest BCUT2D eigenvalue weighted by Crippen LogP contribution is 2.11. The summed E-state index contributed by atoms with van der Waals surface area (Å²) in [6.07, 6.45) is 6.30. The first-order valence-electron chi connectivity index (χ1n) is 8.94. The molecule has 6 heteroatoms. The molecule has 0 aliphatic carbocycles. The smallest absolute Gasteiger partial charge is 0.191 e. The summed E-state index contributed by atoms with van der Waals surface area (Å²) >= 11 is 0. The van der Waals surface area contributed by atoms with Gasteiger partial charge in [0, 0.05) is 31.9 Å². The number of aliphatic imine (C=N–C) groups is 1. The molecule has 6 nitrogen and oxygen atoms in total. The Bertz CT molecular complexity index is 793. The van der Waals surface area contributed by atoms with Gasteiger partial charge in [-0.25, -0.2) is 4.99 Å². The molecule has 0 unspecified atom stereocenters. The summed E-state index contributed by atoms with van der Waals surface area (Å²) in [6, 6.07) is 14.2. The van der Waals surface area contributed by atoms with Gasteiger partial charge in [-0.15, -0.1) is 0 Å². The highest BCUT2D eigenvalue weighted by atomic mass is 16.3. The number of nitrogens with one attached hydrogen (secondary N) is 2. The fourth-order valence-electron chi connectivity index (χ4n) is 2.70. The van der Waals surface area contributed by atoms with Gasteiger partial charge in [0.25, 0.3) is 0 Å². The Labute approximate surface area is 153 Å². The molecule has 0 atom stereocenters. The lowest BCUT2D eigenvalue weighted by Crippen LogP contribution is -2.38. The van der Waals surface area contributed by atoms with Gasteiger partial charge in [0.05, 0.1) is 19.4 Å². The number of furan rings is 1. The van der Waals surface area contributed by atoms with Crippen molar-refractivity contribution in [2.45, 2.75) is 26.4 Å². The van der Waals surface area contributed by atoms with Crippen molar-refractivity contribution >= 4 is 5.96 Å². The summed E-state index contributed by atoms with van der Waals surface area (Å²) in [5, 5.41) is 10.9. The van der Waals surface area contributed by atoms with Gasteiger partial charge in [-0.1, -0.05) is 24.3 Å². The van der Waals surface area contributed by atoms with Gasteiger partial charge < -0.3 is 15.1 Å². The van der Waals surface area contributed by atoms with Crippen LogP contribution in [-0.4, -0.2) is 28.8 Å². The number of hydrogen-bond acceptors (Lipinski definition) is 3. The number of guanidine groups is 1. The van der Waals surface area contributed by atoms with Crippen LogP contribution in [0.4, 0.5) is 0 Å². The van der Waals surface area contributed by atoms with E-state index in [9.17, 15) is 0 Å². The van der Waals surface area contributed by atoms with E-state index in [0.29, 0.717) is 6.54 Å². The first-order valence-corrected chi connectivity index (χ1v) is 8.94. The van der Waals surface area contributed by atoms with Gasteiger partial charge in [0.15, 0.2) is 5.96 Å². The molecular formula is C20H25N5O. The topological polar surface area (TPSA) is 67.4 Å². The van der Waals surface area contributed by atoms with E-state index in [2.05, 4.69) is 46.9 Å². The Hall–Kier alpha value is -3.02. The average Bonchev–Trinajstić information content (AvgIpc) is 3.35. The molecule has 3 aromatic rings. The molecule has 0 bridgehead atoms. The van der Waals surface area contributed by atoms with E-state index in [-0.39, 0.29) is 0 Å². The number of benzene rings is 1. The molecule has 1 aromatic carbocycles. The highest BCUT2D eigenvalue weighted by molar-refractivity contribution is 5.79. The van der Waals surface area contributed by atoms with E-state index < -0.39 is 0 Å². The Morgan fingerprint density at radius 2 is 2.00 bits per heavy atom. The van der Waals surface area contributed by atoms with E-state index in [1.165, 1.54) is 11.1 Å². The van der Waals surface area contributed by atoms with Gasteiger partial charge in [-0.2, -0.15) is 5.10 Å². The van der Waals surface area contributed by atoms with Gasteiger partial charge >= 0.3 is 0 Å². The molecule has 26 heavy (non-hydrogen) atoms.